The van der Waals surface area contributed by atoms with Gasteiger partial charge in [-0.25, -0.2) is 9.67 Å². The molecule has 3 heterocycles. The first-order valence-electron chi connectivity index (χ1n) is 10.8. The quantitative estimate of drug-likeness (QED) is 0.436. The lowest BCUT2D eigenvalue weighted by Gasteiger charge is -2.05. The number of amides is 2. The first-order valence-corrected chi connectivity index (χ1v) is 11.7. The molecule has 4 aromatic rings. The van der Waals surface area contributed by atoms with Gasteiger partial charge in [-0.3, -0.25) is 14.9 Å². The van der Waals surface area contributed by atoms with E-state index in [4.69, 9.17) is 9.52 Å². The third-order valence-corrected chi connectivity index (χ3v) is 6.49. The van der Waals surface area contributed by atoms with Crippen molar-refractivity contribution >= 4 is 28.3 Å². The number of anilines is 1. The zero-order valence-electron chi connectivity index (χ0n) is 18.1. The largest absolute Gasteiger partial charge is 0.469 e. The number of hydrogen-bond acceptors (Lipinski definition) is 6. The molecule has 8 nitrogen and oxygen atoms in total. The lowest BCUT2D eigenvalue weighted by atomic mass is 10.2. The predicted molar refractivity (Wildman–Crippen MR) is 125 cm³/mol. The maximum atomic E-state index is 12.5. The average Bonchev–Trinajstić information content (AvgIpc) is 3.59. The number of furan rings is 1. The fourth-order valence-electron chi connectivity index (χ4n) is 4.08. The zero-order valence-corrected chi connectivity index (χ0v) is 18.9. The number of benzene rings is 1. The van der Waals surface area contributed by atoms with Crippen molar-refractivity contribution in [2.45, 2.75) is 39.2 Å². The average molecular weight is 462 g/mol. The molecule has 5 rings (SSSR count). The summed E-state index contributed by atoms with van der Waals surface area (Å²) in [4.78, 5) is 29.2. The molecular weight excluding hydrogens is 438 g/mol. The topological polar surface area (TPSA) is 102 Å². The molecule has 0 spiro atoms. The van der Waals surface area contributed by atoms with Crippen molar-refractivity contribution in [3.05, 3.63) is 82.0 Å². The highest BCUT2D eigenvalue weighted by Gasteiger charge is 2.23. The van der Waals surface area contributed by atoms with Crippen molar-refractivity contribution in [3.8, 4) is 5.69 Å². The van der Waals surface area contributed by atoms with Crippen LogP contribution in [0.1, 0.15) is 45.2 Å². The molecule has 9 heteroatoms. The second-order valence-electron chi connectivity index (χ2n) is 7.91. The van der Waals surface area contributed by atoms with Gasteiger partial charge in [0.15, 0.2) is 5.13 Å². The van der Waals surface area contributed by atoms with E-state index in [0.717, 1.165) is 30.6 Å². The van der Waals surface area contributed by atoms with Crippen molar-refractivity contribution in [3.63, 3.8) is 0 Å². The minimum atomic E-state index is -0.283. The van der Waals surface area contributed by atoms with Crippen LogP contribution < -0.4 is 10.6 Å². The maximum Gasteiger partial charge on any atom is 0.260 e. The van der Waals surface area contributed by atoms with Gasteiger partial charge >= 0.3 is 0 Å². The monoisotopic (exact) mass is 461 g/mol. The molecule has 1 aromatic carbocycles. The molecule has 33 heavy (non-hydrogen) atoms. The first kappa shape index (κ1) is 21.1. The molecule has 0 saturated heterocycles. The maximum absolute atomic E-state index is 12.5. The van der Waals surface area contributed by atoms with Gasteiger partial charge in [0.25, 0.3) is 5.91 Å². The highest BCUT2D eigenvalue weighted by molar-refractivity contribution is 7.14. The van der Waals surface area contributed by atoms with Crippen LogP contribution >= 0.6 is 11.3 Å². The van der Waals surface area contributed by atoms with Crippen LogP contribution in [0, 0.1) is 6.92 Å². The third kappa shape index (κ3) is 4.45. The van der Waals surface area contributed by atoms with Crippen molar-refractivity contribution in [1.29, 1.82) is 0 Å². The van der Waals surface area contributed by atoms with Crippen LogP contribution in [-0.4, -0.2) is 26.6 Å². The smallest absolute Gasteiger partial charge is 0.260 e. The molecule has 0 fully saturated rings. The molecule has 3 aromatic heterocycles. The fourth-order valence-corrected chi connectivity index (χ4v) is 4.78. The van der Waals surface area contributed by atoms with Crippen LogP contribution in [-0.2, 0) is 30.6 Å². The summed E-state index contributed by atoms with van der Waals surface area (Å²) in [6, 6.07) is 11.7. The number of aromatic nitrogens is 3. The highest BCUT2D eigenvalue weighted by atomic mass is 32.1. The number of nitrogens with one attached hydrogen (secondary N) is 2. The molecule has 0 atom stereocenters. The van der Waals surface area contributed by atoms with E-state index >= 15 is 0 Å². The van der Waals surface area contributed by atoms with Gasteiger partial charge < -0.3 is 9.73 Å². The minimum Gasteiger partial charge on any atom is -0.469 e. The van der Waals surface area contributed by atoms with Crippen LogP contribution in [0.3, 0.4) is 0 Å². The zero-order chi connectivity index (χ0) is 22.8. The Hall–Kier alpha value is -3.72. The normalized spacial score (nSPS) is 12.5. The summed E-state index contributed by atoms with van der Waals surface area (Å²) in [6.07, 6.45) is 4.70. The Morgan fingerprint density at radius 3 is 2.82 bits per heavy atom. The van der Waals surface area contributed by atoms with E-state index in [1.54, 1.807) is 18.4 Å². The molecule has 2 N–H and O–H groups in total. The Balaban J connectivity index is 1.20. The Bertz CT molecular complexity index is 1300. The molecular formula is C24H23N5O3S. The van der Waals surface area contributed by atoms with Crippen LogP contribution in [0.5, 0.6) is 0 Å². The number of para-hydroxylation sites is 1. The van der Waals surface area contributed by atoms with Gasteiger partial charge in [-0.15, -0.1) is 11.3 Å². The first-order chi connectivity index (χ1) is 16.1. The van der Waals surface area contributed by atoms with Gasteiger partial charge in [-0.05, 0) is 49.9 Å². The summed E-state index contributed by atoms with van der Waals surface area (Å²) in [5.74, 6) is 0.129. The molecule has 168 valence electrons. The summed E-state index contributed by atoms with van der Waals surface area (Å²) < 4.78 is 7.16. The van der Waals surface area contributed by atoms with Crippen LogP contribution in [0.4, 0.5) is 5.13 Å². The molecule has 0 unspecified atom stereocenters. The molecule has 1 aliphatic rings. The van der Waals surface area contributed by atoms with E-state index in [1.165, 1.54) is 28.9 Å². The van der Waals surface area contributed by atoms with Crippen LogP contribution in [0.2, 0.25) is 0 Å². The Kier molecular flexibility index (Phi) is 5.78. The summed E-state index contributed by atoms with van der Waals surface area (Å²) in [5, 5.41) is 12.7. The van der Waals surface area contributed by atoms with Gasteiger partial charge in [0.05, 0.1) is 41.9 Å². The van der Waals surface area contributed by atoms with E-state index in [2.05, 4.69) is 15.6 Å². The molecule has 1 aliphatic carbocycles. The number of hydrogen-bond donors (Lipinski definition) is 2. The van der Waals surface area contributed by atoms with Gasteiger partial charge in [0.1, 0.15) is 5.76 Å². The molecule has 0 aliphatic heterocycles. The molecule has 0 saturated carbocycles. The molecule has 2 amide bonds. The number of carbonyl (C=O) groups is 2. The van der Waals surface area contributed by atoms with Crippen LogP contribution in [0.25, 0.3) is 5.69 Å². The Morgan fingerprint density at radius 2 is 2.03 bits per heavy atom. The van der Waals surface area contributed by atoms with Gasteiger partial charge in [-0.2, -0.15) is 5.10 Å². The van der Waals surface area contributed by atoms with Crippen LogP contribution in [0.15, 0.2) is 52.5 Å². The number of rotatable bonds is 7. The predicted octanol–water partition coefficient (Wildman–Crippen LogP) is 3.83. The lowest BCUT2D eigenvalue weighted by Crippen LogP contribution is -2.25. The fraction of sp³-hybridized carbons (Fsp3) is 0.250. The standard InChI is InChI=1S/C24H23N5O3S/c1-15-18(10-11-32-15)23(31)27-24-26-16(14-33-24)12-22(30)25-13-20-19-8-5-9-21(19)29(28-20)17-6-3-2-4-7-17/h2-4,6-7,10-11,14H,5,8-9,12-13H2,1H3,(H,25,30)(H,26,27,31). The molecule has 0 radical (unpaired) electrons. The number of aryl methyl sites for hydroxylation is 1. The second-order valence-corrected chi connectivity index (χ2v) is 8.77. The summed E-state index contributed by atoms with van der Waals surface area (Å²) in [5.41, 5.74) is 5.51. The van der Waals surface area contributed by atoms with Crippen molar-refractivity contribution in [1.82, 2.24) is 20.1 Å². The van der Waals surface area contributed by atoms with E-state index < -0.39 is 0 Å². The summed E-state index contributed by atoms with van der Waals surface area (Å²) in [7, 11) is 0. The number of carbonyl (C=O) groups excluding carboxylic acids is 2. The second kappa shape index (κ2) is 9.03. The van der Waals surface area contributed by atoms with Gasteiger partial charge in [0, 0.05) is 11.1 Å². The Labute approximate surface area is 194 Å². The van der Waals surface area contributed by atoms with Gasteiger partial charge in [-0.1, -0.05) is 18.2 Å². The van der Waals surface area contributed by atoms with E-state index in [0.29, 0.717) is 28.7 Å². The Morgan fingerprint density at radius 1 is 1.18 bits per heavy atom. The van der Waals surface area contributed by atoms with Gasteiger partial charge in [0.2, 0.25) is 5.91 Å². The summed E-state index contributed by atoms with van der Waals surface area (Å²) >= 11 is 1.29. The minimum absolute atomic E-state index is 0.134. The summed E-state index contributed by atoms with van der Waals surface area (Å²) in [6.45, 7) is 2.11. The van der Waals surface area contributed by atoms with E-state index in [9.17, 15) is 9.59 Å². The van der Waals surface area contributed by atoms with Crippen molar-refractivity contribution in [2.24, 2.45) is 0 Å². The number of nitrogens with zero attached hydrogens (tertiary/aromatic N) is 3. The lowest BCUT2D eigenvalue weighted by molar-refractivity contribution is -0.120. The SMILES string of the molecule is Cc1occc1C(=O)Nc1nc(CC(=O)NCc2nn(-c3ccccc3)c3c2CCC3)cs1. The van der Waals surface area contributed by atoms with E-state index in [-0.39, 0.29) is 18.2 Å². The number of fused-ring (bicyclic) bond motifs is 1. The number of thiazole rings is 1. The third-order valence-electron chi connectivity index (χ3n) is 5.68. The molecule has 0 bridgehead atoms. The van der Waals surface area contributed by atoms with Crippen molar-refractivity contribution < 1.29 is 14.0 Å². The van der Waals surface area contributed by atoms with Crippen molar-refractivity contribution in [2.75, 3.05) is 5.32 Å². The van der Waals surface area contributed by atoms with E-state index in [1.807, 2.05) is 35.0 Å². The highest BCUT2D eigenvalue weighted by Crippen LogP contribution is 2.27.